The van der Waals surface area contributed by atoms with Gasteiger partial charge in [-0.3, -0.25) is 0 Å². The lowest BCUT2D eigenvalue weighted by molar-refractivity contribution is -0.139. The van der Waals surface area contributed by atoms with Crippen LogP contribution < -0.4 is 5.32 Å². The molecule has 1 N–H and O–H groups in total. The highest BCUT2D eigenvalue weighted by Crippen LogP contribution is 2.21. The van der Waals surface area contributed by atoms with Crippen LogP contribution in [0.4, 0.5) is 13.2 Å². The van der Waals surface area contributed by atoms with Crippen molar-refractivity contribution < 1.29 is 17.6 Å². The lowest BCUT2D eigenvalue weighted by atomic mass is 10.2. The molecule has 6 heteroatoms. The van der Waals surface area contributed by atoms with Crippen LogP contribution in [-0.2, 0) is 6.54 Å². The van der Waals surface area contributed by atoms with Crippen LogP contribution >= 0.6 is 22.6 Å². The molecule has 0 aliphatic heterocycles. The maximum atomic E-state index is 12.0. The minimum Gasteiger partial charge on any atom is -0.454 e. The van der Waals surface area contributed by atoms with E-state index in [0.717, 1.165) is 3.77 Å². The van der Waals surface area contributed by atoms with E-state index in [2.05, 4.69) is 5.32 Å². The summed E-state index contributed by atoms with van der Waals surface area (Å²) in [5.41, 5.74) is 0. The highest BCUT2D eigenvalue weighted by Gasteiger charge is 2.29. The van der Waals surface area contributed by atoms with Crippen molar-refractivity contribution in [3.05, 3.63) is 21.7 Å². The highest BCUT2D eigenvalue weighted by molar-refractivity contribution is 14.1. The van der Waals surface area contributed by atoms with E-state index in [1.807, 2.05) is 22.6 Å². The minimum absolute atomic E-state index is 0.320. The van der Waals surface area contributed by atoms with Gasteiger partial charge in [0.15, 0.2) is 3.77 Å². The Bertz CT molecular complexity index is 311. The zero-order valence-electron chi connectivity index (χ0n) is 8.07. The second-order valence-corrected chi connectivity index (χ2v) is 4.37. The number of alkyl halides is 3. The molecule has 0 aromatic carbocycles. The number of hydrogen-bond donors (Lipinski definition) is 1. The lowest BCUT2D eigenvalue weighted by Gasteiger charge is -2.14. The fourth-order valence-corrected chi connectivity index (χ4v) is 1.60. The van der Waals surface area contributed by atoms with Crippen molar-refractivity contribution in [2.75, 3.05) is 0 Å². The van der Waals surface area contributed by atoms with Gasteiger partial charge in [-0.15, -0.1) is 0 Å². The molecule has 1 unspecified atom stereocenters. The molecule has 0 aliphatic carbocycles. The number of rotatable bonds is 4. The van der Waals surface area contributed by atoms with Crippen LogP contribution in [0.5, 0.6) is 0 Å². The van der Waals surface area contributed by atoms with Crippen molar-refractivity contribution in [2.24, 2.45) is 0 Å². The Balaban J connectivity index is 2.31. The van der Waals surface area contributed by atoms with Crippen molar-refractivity contribution in [3.63, 3.8) is 0 Å². The van der Waals surface area contributed by atoms with E-state index < -0.39 is 18.6 Å². The molecule has 86 valence electrons. The van der Waals surface area contributed by atoms with Gasteiger partial charge in [0.1, 0.15) is 5.76 Å². The molecule has 0 radical (unpaired) electrons. The molecule has 0 bridgehead atoms. The van der Waals surface area contributed by atoms with Gasteiger partial charge in [0, 0.05) is 6.04 Å². The summed E-state index contributed by atoms with van der Waals surface area (Å²) in [5.74, 6) is 0.647. The molecular formula is C9H11F3INO. The Kier molecular flexibility index (Phi) is 4.45. The summed E-state index contributed by atoms with van der Waals surface area (Å²) in [5, 5.41) is 2.75. The summed E-state index contributed by atoms with van der Waals surface area (Å²) in [4.78, 5) is 0. The largest absolute Gasteiger partial charge is 0.454 e. The van der Waals surface area contributed by atoms with Crippen molar-refractivity contribution >= 4 is 22.6 Å². The van der Waals surface area contributed by atoms with Gasteiger partial charge in [-0.25, -0.2) is 0 Å². The van der Waals surface area contributed by atoms with Gasteiger partial charge in [-0.2, -0.15) is 13.2 Å². The van der Waals surface area contributed by atoms with Crippen LogP contribution in [0.15, 0.2) is 16.5 Å². The molecule has 0 aliphatic rings. The summed E-state index contributed by atoms with van der Waals surface area (Å²) in [7, 11) is 0. The first-order valence-electron chi connectivity index (χ1n) is 4.41. The standard InChI is InChI=1S/C9H11F3INO/c1-6(4-9(10,11)12)14-5-7-2-3-8(13)15-7/h2-3,6,14H,4-5H2,1H3. The zero-order valence-corrected chi connectivity index (χ0v) is 10.2. The summed E-state index contributed by atoms with van der Waals surface area (Å²) in [6, 6.07) is 2.91. The second-order valence-electron chi connectivity index (χ2n) is 3.31. The highest BCUT2D eigenvalue weighted by atomic mass is 127. The minimum atomic E-state index is -4.12. The molecule has 1 aromatic rings. The van der Waals surface area contributed by atoms with Gasteiger partial charge in [-0.05, 0) is 41.6 Å². The van der Waals surface area contributed by atoms with Crippen molar-refractivity contribution in [3.8, 4) is 0 Å². The Morgan fingerprint density at radius 1 is 1.47 bits per heavy atom. The maximum absolute atomic E-state index is 12.0. The quantitative estimate of drug-likeness (QED) is 0.856. The van der Waals surface area contributed by atoms with E-state index in [-0.39, 0.29) is 0 Å². The van der Waals surface area contributed by atoms with E-state index in [0.29, 0.717) is 12.3 Å². The molecule has 0 fully saturated rings. The smallest absolute Gasteiger partial charge is 0.390 e. The van der Waals surface area contributed by atoms with Gasteiger partial charge in [-0.1, -0.05) is 0 Å². The predicted molar refractivity (Wildman–Crippen MR) is 58.4 cm³/mol. The number of nitrogens with one attached hydrogen (secondary N) is 1. The second kappa shape index (κ2) is 5.20. The Morgan fingerprint density at radius 2 is 2.13 bits per heavy atom. The average molecular weight is 333 g/mol. The molecular weight excluding hydrogens is 322 g/mol. The van der Waals surface area contributed by atoms with Gasteiger partial charge < -0.3 is 9.73 Å². The van der Waals surface area contributed by atoms with Crippen molar-refractivity contribution in [1.29, 1.82) is 0 Å². The topological polar surface area (TPSA) is 25.2 Å². The normalized spacial score (nSPS) is 14.2. The third-order valence-corrected chi connectivity index (χ3v) is 2.37. The van der Waals surface area contributed by atoms with Crippen LogP contribution in [0.25, 0.3) is 0 Å². The fourth-order valence-electron chi connectivity index (χ4n) is 1.14. The molecule has 0 saturated heterocycles. The molecule has 1 rings (SSSR count). The number of hydrogen-bond acceptors (Lipinski definition) is 2. The molecule has 0 saturated carbocycles. The Morgan fingerprint density at radius 3 is 2.60 bits per heavy atom. The first kappa shape index (κ1) is 12.8. The first-order valence-corrected chi connectivity index (χ1v) is 5.49. The fraction of sp³-hybridized carbons (Fsp3) is 0.556. The third kappa shape index (κ3) is 5.41. The van der Waals surface area contributed by atoms with Gasteiger partial charge in [0.25, 0.3) is 0 Å². The van der Waals surface area contributed by atoms with Crippen LogP contribution in [0.1, 0.15) is 19.1 Å². The third-order valence-electron chi connectivity index (χ3n) is 1.79. The van der Waals surface area contributed by atoms with E-state index in [1.54, 1.807) is 12.1 Å². The summed E-state index contributed by atoms with van der Waals surface area (Å²) < 4.78 is 41.9. The van der Waals surface area contributed by atoms with Crippen molar-refractivity contribution in [2.45, 2.75) is 32.1 Å². The molecule has 0 spiro atoms. The Hall–Kier alpha value is -0.240. The van der Waals surface area contributed by atoms with Crippen LogP contribution in [0, 0.1) is 3.77 Å². The van der Waals surface area contributed by atoms with Crippen LogP contribution in [-0.4, -0.2) is 12.2 Å². The number of furan rings is 1. The molecule has 1 heterocycles. The summed E-state index contributed by atoms with van der Waals surface area (Å²) in [6.45, 7) is 1.82. The summed E-state index contributed by atoms with van der Waals surface area (Å²) >= 11 is 2.01. The van der Waals surface area contributed by atoms with Gasteiger partial charge in [0.2, 0.25) is 0 Å². The average Bonchev–Trinajstić information content (AvgIpc) is 2.45. The SMILES string of the molecule is CC(CC(F)(F)F)NCc1ccc(I)o1. The van der Waals surface area contributed by atoms with E-state index in [4.69, 9.17) is 4.42 Å². The molecule has 0 amide bonds. The van der Waals surface area contributed by atoms with E-state index >= 15 is 0 Å². The van der Waals surface area contributed by atoms with Crippen LogP contribution in [0.3, 0.4) is 0 Å². The van der Waals surface area contributed by atoms with Gasteiger partial charge >= 0.3 is 6.18 Å². The lowest BCUT2D eigenvalue weighted by Crippen LogP contribution is -2.30. The van der Waals surface area contributed by atoms with Gasteiger partial charge in [0.05, 0.1) is 13.0 Å². The van der Waals surface area contributed by atoms with E-state index in [1.165, 1.54) is 6.92 Å². The zero-order chi connectivity index (χ0) is 11.5. The Labute approximate surface area is 99.4 Å². The molecule has 2 nitrogen and oxygen atoms in total. The first-order chi connectivity index (χ1) is 6.87. The maximum Gasteiger partial charge on any atom is 0.390 e. The molecule has 1 atom stereocenters. The summed E-state index contributed by atoms with van der Waals surface area (Å²) in [6.07, 6.45) is -4.95. The predicted octanol–water partition coefficient (Wildman–Crippen LogP) is 3.31. The molecule has 15 heavy (non-hydrogen) atoms. The number of halogens is 4. The molecule has 1 aromatic heterocycles. The monoisotopic (exact) mass is 333 g/mol. The van der Waals surface area contributed by atoms with Crippen molar-refractivity contribution in [1.82, 2.24) is 5.32 Å². The van der Waals surface area contributed by atoms with E-state index in [9.17, 15) is 13.2 Å². The van der Waals surface area contributed by atoms with Crippen LogP contribution in [0.2, 0.25) is 0 Å².